The second-order valence-electron chi connectivity index (χ2n) is 3.33. The second kappa shape index (κ2) is 5.02. The number of rotatable bonds is 3. The Balaban J connectivity index is 2.45. The van der Waals surface area contributed by atoms with Crippen molar-refractivity contribution >= 4 is 23.2 Å². The van der Waals surface area contributed by atoms with E-state index >= 15 is 0 Å². The summed E-state index contributed by atoms with van der Waals surface area (Å²) in [4.78, 5) is 17.2. The number of halogens is 2. The third kappa shape index (κ3) is 2.86. The van der Waals surface area contributed by atoms with Crippen molar-refractivity contribution in [3.05, 3.63) is 45.4 Å². The normalized spacial score (nSPS) is 10.2. The van der Waals surface area contributed by atoms with Crippen molar-refractivity contribution in [3.8, 4) is 11.6 Å². The van der Waals surface area contributed by atoms with Crippen LogP contribution in [-0.2, 0) is 0 Å². The van der Waals surface area contributed by atoms with Gasteiger partial charge in [-0.25, -0.2) is 9.37 Å². The molecular weight excluding hydrogens is 279 g/mol. The van der Waals surface area contributed by atoms with Crippen molar-refractivity contribution in [3.63, 3.8) is 0 Å². The Labute approximate surface area is 111 Å². The van der Waals surface area contributed by atoms with Gasteiger partial charge >= 0.3 is 5.69 Å². The minimum absolute atomic E-state index is 0.0264. The Morgan fingerprint density at radius 2 is 2.16 bits per heavy atom. The zero-order chi connectivity index (χ0) is 14.0. The molecule has 2 aromatic rings. The van der Waals surface area contributed by atoms with Crippen molar-refractivity contribution in [2.75, 3.05) is 5.73 Å². The average Bonchev–Trinajstić information content (AvgIpc) is 2.30. The van der Waals surface area contributed by atoms with Crippen molar-refractivity contribution in [2.24, 2.45) is 0 Å². The molecule has 0 unspecified atom stereocenters. The third-order valence-corrected chi connectivity index (χ3v) is 2.23. The summed E-state index contributed by atoms with van der Waals surface area (Å²) < 4.78 is 18.6. The van der Waals surface area contributed by atoms with Gasteiger partial charge in [-0.05, 0) is 6.07 Å². The highest BCUT2D eigenvalue weighted by Crippen LogP contribution is 2.33. The van der Waals surface area contributed by atoms with E-state index in [1.165, 1.54) is 6.07 Å². The lowest BCUT2D eigenvalue weighted by atomic mass is 10.3. The molecule has 0 bridgehead atoms. The molecular formula is C10H6ClFN4O3. The van der Waals surface area contributed by atoms with E-state index in [9.17, 15) is 14.5 Å². The minimum Gasteiger partial charge on any atom is -0.428 e. The van der Waals surface area contributed by atoms with E-state index in [1.807, 2.05) is 0 Å². The van der Waals surface area contributed by atoms with Crippen LogP contribution in [0.5, 0.6) is 11.6 Å². The van der Waals surface area contributed by atoms with Crippen LogP contribution in [0.15, 0.2) is 24.3 Å². The third-order valence-electron chi connectivity index (χ3n) is 2.04. The number of nitrogens with two attached hydrogens (primary N) is 1. The fourth-order valence-electron chi connectivity index (χ4n) is 1.31. The topological polar surface area (TPSA) is 104 Å². The number of hydrogen-bond donors (Lipinski definition) is 1. The lowest BCUT2D eigenvalue weighted by molar-refractivity contribution is -0.385. The maximum atomic E-state index is 13.6. The van der Waals surface area contributed by atoms with Gasteiger partial charge in [0.15, 0.2) is 5.82 Å². The van der Waals surface area contributed by atoms with Crippen LogP contribution in [0.3, 0.4) is 0 Å². The maximum Gasteiger partial charge on any atom is 0.314 e. The van der Waals surface area contributed by atoms with Gasteiger partial charge < -0.3 is 10.5 Å². The molecule has 1 aromatic carbocycles. The summed E-state index contributed by atoms with van der Waals surface area (Å²) in [5, 5.41) is 10.7. The summed E-state index contributed by atoms with van der Waals surface area (Å²) >= 11 is 5.62. The molecule has 1 aromatic heterocycles. The van der Waals surface area contributed by atoms with Crippen LogP contribution >= 0.6 is 11.6 Å². The minimum atomic E-state index is -0.900. The first kappa shape index (κ1) is 13.0. The van der Waals surface area contributed by atoms with Crippen molar-refractivity contribution in [1.82, 2.24) is 9.97 Å². The number of nitro benzene ring substituents is 1. The monoisotopic (exact) mass is 284 g/mol. The lowest BCUT2D eigenvalue weighted by Crippen LogP contribution is -2.00. The predicted molar refractivity (Wildman–Crippen MR) is 64.6 cm³/mol. The van der Waals surface area contributed by atoms with E-state index in [4.69, 9.17) is 22.1 Å². The van der Waals surface area contributed by atoms with Gasteiger partial charge in [0.05, 0.1) is 4.92 Å². The Hall–Kier alpha value is -2.48. The highest BCUT2D eigenvalue weighted by molar-refractivity contribution is 6.29. The lowest BCUT2D eigenvalue weighted by Gasteiger charge is -2.06. The molecule has 0 saturated carbocycles. The van der Waals surface area contributed by atoms with Crippen LogP contribution in [-0.4, -0.2) is 14.9 Å². The summed E-state index contributed by atoms with van der Waals surface area (Å²) in [5.41, 5.74) is 4.80. The smallest absolute Gasteiger partial charge is 0.314 e. The fourth-order valence-corrected chi connectivity index (χ4v) is 1.49. The van der Waals surface area contributed by atoms with Gasteiger partial charge in [-0.15, -0.1) is 0 Å². The highest BCUT2D eigenvalue weighted by atomic mass is 35.5. The largest absolute Gasteiger partial charge is 0.428 e. The predicted octanol–water partition coefficient (Wildman–Crippen LogP) is 2.55. The van der Waals surface area contributed by atoms with Crippen molar-refractivity contribution in [2.45, 2.75) is 0 Å². The Kier molecular flexibility index (Phi) is 3.43. The molecule has 0 saturated heterocycles. The number of para-hydroxylation sites is 1. The Morgan fingerprint density at radius 3 is 2.79 bits per heavy atom. The van der Waals surface area contributed by atoms with E-state index < -0.39 is 22.2 Å². The molecule has 0 aliphatic carbocycles. The number of nitro groups is 1. The standard InChI is InChI=1S/C10H6ClFN4O3/c11-7-4-8(15-10(13)14-7)19-9-5(12)2-1-3-6(9)16(17)18/h1-4H,(H2,13,14,15). The van der Waals surface area contributed by atoms with Crippen LogP contribution in [0.2, 0.25) is 5.15 Å². The second-order valence-corrected chi connectivity index (χ2v) is 3.72. The van der Waals surface area contributed by atoms with Crippen LogP contribution in [0.25, 0.3) is 0 Å². The molecule has 0 atom stereocenters. The molecule has 0 radical (unpaired) electrons. The van der Waals surface area contributed by atoms with Gasteiger partial charge in [-0.1, -0.05) is 17.7 Å². The molecule has 0 fully saturated rings. The first-order chi connectivity index (χ1) is 8.97. The van der Waals surface area contributed by atoms with Gasteiger partial charge in [-0.3, -0.25) is 10.1 Å². The molecule has 2 rings (SSSR count). The first-order valence-corrected chi connectivity index (χ1v) is 5.26. The van der Waals surface area contributed by atoms with Crippen LogP contribution in [0.4, 0.5) is 16.0 Å². The highest BCUT2D eigenvalue weighted by Gasteiger charge is 2.21. The van der Waals surface area contributed by atoms with Crippen LogP contribution in [0.1, 0.15) is 0 Å². The van der Waals surface area contributed by atoms with Crippen molar-refractivity contribution < 1.29 is 14.1 Å². The summed E-state index contributed by atoms with van der Waals surface area (Å²) in [5.74, 6) is -1.85. The molecule has 7 nitrogen and oxygen atoms in total. The Bertz CT molecular complexity index is 632. The molecule has 2 N–H and O–H groups in total. The number of hydrogen-bond acceptors (Lipinski definition) is 6. The van der Waals surface area contributed by atoms with E-state index in [0.29, 0.717) is 0 Å². The maximum absolute atomic E-state index is 13.6. The van der Waals surface area contributed by atoms with Gasteiger partial charge in [0.25, 0.3) is 0 Å². The van der Waals surface area contributed by atoms with Gasteiger partial charge in [-0.2, -0.15) is 4.98 Å². The molecule has 0 amide bonds. The Morgan fingerprint density at radius 1 is 1.42 bits per heavy atom. The molecule has 1 heterocycles. The summed E-state index contributed by atoms with van der Waals surface area (Å²) in [6, 6.07) is 4.48. The van der Waals surface area contributed by atoms with Gasteiger partial charge in [0.1, 0.15) is 5.15 Å². The van der Waals surface area contributed by atoms with Crippen LogP contribution < -0.4 is 10.5 Å². The van der Waals surface area contributed by atoms with Crippen LogP contribution in [0, 0.1) is 15.9 Å². The molecule has 0 spiro atoms. The molecule has 9 heteroatoms. The van der Waals surface area contributed by atoms with Gasteiger partial charge in [0, 0.05) is 12.1 Å². The summed E-state index contributed by atoms with van der Waals surface area (Å²) in [6.07, 6.45) is 0. The fraction of sp³-hybridized carbons (Fsp3) is 0. The van der Waals surface area contributed by atoms with Gasteiger partial charge in [0.2, 0.25) is 17.6 Å². The number of ether oxygens (including phenoxy) is 1. The number of anilines is 1. The molecule has 19 heavy (non-hydrogen) atoms. The number of nitrogen functional groups attached to an aromatic ring is 1. The summed E-state index contributed by atoms with van der Waals surface area (Å²) in [7, 11) is 0. The quantitative estimate of drug-likeness (QED) is 0.527. The first-order valence-electron chi connectivity index (χ1n) is 4.88. The van der Waals surface area contributed by atoms with E-state index in [1.54, 1.807) is 0 Å². The van der Waals surface area contributed by atoms with Crippen molar-refractivity contribution in [1.29, 1.82) is 0 Å². The number of benzene rings is 1. The average molecular weight is 285 g/mol. The van der Waals surface area contributed by atoms with E-state index in [0.717, 1.165) is 18.2 Å². The molecule has 0 aliphatic heterocycles. The zero-order valence-electron chi connectivity index (χ0n) is 9.21. The molecule has 0 aliphatic rings. The SMILES string of the molecule is Nc1nc(Cl)cc(Oc2c(F)cccc2[N+](=O)[O-])n1. The summed E-state index contributed by atoms with van der Waals surface area (Å²) in [6.45, 7) is 0. The molecule has 98 valence electrons. The van der Waals surface area contributed by atoms with E-state index in [2.05, 4.69) is 9.97 Å². The number of aromatic nitrogens is 2. The number of nitrogens with zero attached hydrogens (tertiary/aromatic N) is 3. The zero-order valence-corrected chi connectivity index (χ0v) is 9.96. The van der Waals surface area contributed by atoms with E-state index in [-0.39, 0.29) is 17.0 Å².